The number of carbonyl (C=O) groups excluding carboxylic acids is 2. The van der Waals surface area contributed by atoms with Crippen LogP contribution in [0.15, 0.2) is 69.8 Å². The van der Waals surface area contributed by atoms with Crippen LogP contribution in [-0.2, 0) is 4.79 Å². The van der Waals surface area contributed by atoms with Gasteiger partial charge in [-0.15, -0.1) is 22.7 Å². The second-order valence-electron chi connectivity index (χ2n) is 9.53. The quantitative estimate of drug-likeness (QED) is 0.289. The zero-order valence-corrected chi connectivity index (χ0v) is 22.5. The number of nitrogens with zero attached hydrogens (tertiary/aromatic N) is 2. The maximum atomic E-state index is 14.3. The number of nitriles is 1. The third-order valence-electron chi connectivity index (χ3n) is 7.32. The molecular weight excluding hydrogens is 520 g/mol. The maximum absolute atomic E-state index is 14.3. The minimum Gasteiger partial charge on any atom is -0.479 e. The van der Waals surface area contributed by atoms with Crippen molar-refractivity contribution in [3.05, 3.63) is 103 Å². The van der Waals surface area contributed by atoms with Crippen molar-refractivity contribution in [2.45, 2.75) is 38.3 Å². The van der Waals surface area contributed by atoms with Crippen LogP contribution in [0.1, 0.15) is 66.4 Å². The molecule has 7 nitrogen and oxygen atoms in total. The van der Waals surface area contributed by atoms with Gasteiger partial charge in [0.05, 0.1) is 28.5 Å². The fourth-order valence-electron chi connectivity index (χ4n) is 5.48. The van der Waals surface area contributed by atoms with Crippen LogP contribution in [0.4, 0.5) is 0 Å². The van der Waals surface area contributed by atoms with E-state index in [0.717, 1.165) is 10.4 Å². The van der Waals surface area contributed by atoms with Gasteiger partial charge in [0.25, 0.3) is 5.91 Å². The molecule has 38 heavy (non-hydrogen) atoms. The van der Waals surface area contributed by atoms with Crippen molar-refractivity contribution in [1.29, 1.82) is 5.26 Å². The molecule has 0 aliphatic carbocycles. The van der Waals surface area contributed by atoms with Crippen LogP contribution in [0.2, 0.25) is 0 Å². The first-order valence-corrected chi connectivity index (χ1v) is 13.7. The lowest BCUT2D eigenvalue weighted by Gasteiger charge is -2.37. The number of hydrogen-bond acceptors (Lipinski definition) is 7. The number of Topliss-reactive ketones (excluding diaryl/α,β-unsaturated/α-hetero) is 1. The van der Waals surface area contributed by atoms with Crippen LogP contribution in [0, 0.1) is 31.1 Å². The van der Waals surface area contributed by atoms with Crippen LogP contribution >= 0.6 is 22.7 Å². The van der Waals surface area contributed by atoms with Gasteiger partial charge in [-0.25, -0.2) is 4.79 Å². The summed E-state index contributed by atoms with van der Waals surface area (Å²) in [4.78, 5) is 44.1. The van der Waals surface area contributed by atoms with Crippen molar-refractivity contribution >= 4 is 40.3 Å². The Morgan fingerprint density at radius 3 is 2.29 bits per heavy atom. The van der Waals surface area contributed by atoms with E-state index in [4.69, 9.17) is 4.42 Å². The van der Waals surface area contributed by atoms with Gasteiger partial charge in [-0.2, -0.15) is 5.26 Å². The van der Waals surface area contributed by atoms with Gasteiger partial charge in [0.1, 0.15) is 11.3 Å². The number of ketones is 1. The van der Waals surface area contributed by atoms with Crippen LogP contribution in [0.5, 0.6) is 0 Å². The lowest BCUT2D eigenvalue weighted by Crippen LogP contribution is -2.54. The number of likely N-dealkylation sites (tertiary alicyclic amines) is 1. The number of rotatable bonds is 6. The SMILES string of the molecule is Cc1ccc(C(=O)C2C(c3ccc(C#N)cc3)N(C(=O)c3cccs3)C(C)(C(=O)O)C2c2sccc2C)o1. The smallest absolute Gasteiger partial charge is 0.330 e. The molecule has 3 aromatic heterocycles. The predicted octanol–water partition coefficient (Wildman–Crippen LogP) is 6.21. The first-order valence-electron chi connectivity index (χ1n) is 11.9. The number of hydrogen-bond donors (Lipinski definition) is 1. The molecular formula is C29H24N2O5S2. The highest BCUT2D eigenvalue weighted by Gasteiger charge is 2.65. The highest BCUT2D eigenvalue weighted by molar-refractivity contribution is 7.12. The summed E-state index contributed by atoms with van der Waals surface area (Å²) in [6.45, 7) is 5.15. The number of furan rings is 1. The molecule has 1 saturated heterocycles. The summed E-state index contributed by atoms with van der Waals surface area (Å²) in [6.07, 6.45) is 0. The Balaban J connectivity index is 1.82. The Kier molecular flexibility index (Phi) is 6.55. The van der Waals surface area contributed by atoms with Gasteiger partial charge < -0.3 is 14.4 Å². The molecule has 1 amide bonds. The molecule has 192 valence electrons. The van der Waals surface area contributed by atoms with Gasteiger partial charge in [0, 0.05) is 10.8 Å². The third-order valence-corrected chi connectivity index (χ3v) is 9.28. The van der Waals surface area contributed by atoms with E-state index < -0.39 is 35.3 Å². The molecule has 4 heterocycles. The molecule has 5 rings (SSSR count). The Bertz CT molecular complexity index is 1560. The number of carboxylic acids is 1. The number of carbonyl (C=O) groups is 3. The van der Waals surface area contributed by atoms with Gasteiger partial charge in [-0.05, 0) is 79.1 Å². The largest absolute Gasteiger partial charge is 0.479 e. The number of thiophene rings is 2. The molecule has 4 aromatic rings. The zero-order chi connectivity index (χ0) is 27.2. The minimum atomic E-state index is -1.77. The Morgan fingerprint density at radius 2 is 1.76 bits per heavy atom. The minimum absolute atomic E-state index is 0.114. The summed E-state index contributed by atoms with van der Waals surface area (Å²) < 4.78 is 5.73. The molecule has 1 fully saturated rings. The lowest BCUT2D eigenvalue weighted by molar-refractivity contribution is -0.148. The van der Waals surface area contributed by atoms with Crippen LogP contribution in [-0.4, -0.2) is 33.2 Å². The molecule has 0 bridgehead atoms. The van der Waals surface area contributed by atoms with E-state index >= 15 is 0 Å². The van der Waals surface area contributed by atoms with E-state index in [1.165, 1.54) is 34.5 Å². The van der Waals surface area contributed by atoms with Gasteiger partial charge in [0.2, 0.25) is 5.78 Å². The van der Waals surface area contributed by atoms with E-state index in [1.807, 2.05) is 18.4 Å². The Labute approximate surface area is 227 Å². The molecule has 0 radical (unpaired) electrons. The molecule has 1 aliphatic rings. The number of aryl methyl sites for hydroxylation is 2. The molecule has 1 aliphatic heterocycles. The van der Waals surface area contributed by atoms with E-state index in [2.05, 4.69) is 6.07 Å². The summed E-state index contributed by atoms with van der Waals surface area (Å²) >= 11 is 2.59. The highest BCUT2D eigenvalue weighted by Crippen LogP contribution is 2.58. The predicted molar refractivity (Wildman–Crippen MR) is 143 cm³/mol. The lowest BCUT2D eigenvalue weighted by atomic mass is 9.74. The first-order chi connectivity index (χ1) is 18.2. The summed E-state index contributed by atoms with van der Waals surface area (Å²) in [5, 5.41) is 23.8. The van der Waals surface area contributed by atoms with Crippen molar-refractivity contribution < 1.29 is 23.9 Å². The summed E-state index contributed by atoms with van der Waals surface area (Å²) in [7, 11) is 0. The number of aliphatic carboxylic acids is 1. The molecule has 0 spiro atoms. The van der Waals surface area contributed by atoms with E-state index in [0.29, 0.717) is 21.8 Å². The second-order valence-corrected chi connectivity index (χ2v) is 11.4. The molecule has 0 saturated carbocycles. The number of amides is 1. The standard InChI is InChI=1S/C29H24N2O5S2/c1-16-12-14-38-26(16)23-22(25(32)20-11-6-17(2)36-20)24(19-9-7-18(15-30)8-10-19)31(29(23,3)28(34)35)27(33)21-5-4-13-37-21/h4-14,22-24H,1-3H3,(H,34,35). The normalized spacial score (nSPS) is 22.8. The summed E-state index contributed by atoms with van der Waals surface area (Å²) in [5.41, 5.74) is 0.0701. The molecule has 1 N–H and O–H groups in total. The zero-order valence-electron chi connectivity index (χ0n) is 20.9. The fourth-order valence-corrected chi connectivity index (χ4v) is 7.34. The van der Waals surface area contributed by atoms with Crippen LogP contribution in [0.25, 0.3) is 0 Å². The second kappa shape index (κ2) is 9.71. The summed E-state index contributed by atoms with van der Waals surface area (Å²) in [5.74, 6) is -3.20. The van der Waals surface area contributed by atoms with Crippen molar-refractivity contribution in [3.63, 3.8) is 0 Å². The molecule has 1 aromatic carbocycles. The van der Waals surface area contributed by atoms with Gasteiger partial charge in [-0.3, -0.25) is 9.59 Å². The molecule has 4 unspecified atom stereocenters. The van der Waals surface area contributed by atoms with Gasteiger partial charge in [-0.1, -0.05) is 18.2 Å². The molecule has 4 atom stereocenters. The van der Waals surface area contributed by atoms with Crippen LogP contribution in [0.3, 0.4) is 0 Å². The van der Waals surface area contributed by atoms with Gasteiger partial charge >= 0.3 is 5.97 Å². The van der Waals surface area contributed by atoms with E-state index in [1.54, 1.807) is 60.8 Å². The van der Waals surface area contributed by atoms with Crippen molar-refractivity contribution in [1.82, 2.24) is 4.90 Å². The number of carboxylic acid groups (broad SMARTS) is 1. The highest BCUT2D eigenvalue weighted by atomic mass is 32.1. The summed E-state index contributed by atoms with van der Waals surface area (Å²) in [6, 6.07) is 16.3. The van der Waals surface area contributed by atoms with Gasteiger partial charge in [0.15, 0.2) is 5.76 Å². The van der Waals surface area contributed by atoms with Crippen molar-refractivity contribution in [3.8, 4) is 6.07 Å². The third kappa shape index (κ3) is 3.97. The molecule has 9 heteroatoms. The fraction of sp³-hybridized carbons (Fsp3) is 0.241. The average Bonchev–Trinajstić information content (AvgIpc) is 3.70. The monoisotopic (exact) mass is 544 g/mol. The van der Waals surface area contributed by atoms with Crippen molar-refractivity contribution in [2.24, 2.45) is 5.92 Å². The average molecular weight is 545 g/mol. The topological polar surface area (TPSA) is 112 Å². The van der Waals surface area contributed by atoms with E-state index in [9.17, 15) is 24.8 Å². The first kappa shape index (κ1) is 25.6. The Morgan fingerprint density at radius 1 is 1.03 bits per heavy atom. The Hall–Kier alpha value is -4.00. The van der Waals surface area contributed by atoms with Crippen molar-refractivity contribution in [2.75, 3.05) is 0 Å². The maximum Gasteiger partial charge on any atom is 0.330 e. The number of benzene rings is 1. The van der Waals surface area contributed by atoms with Crippen LogP contribution < -0.4 is 0 Å². The van der Waals surface area contributed by atoms with E-state index in [-0.39, 0.29) is 11.5 Å².